The summed E-state index contributed by atoms with van der Waals surface area (Å²) < 4.78 is 37.7. The van der Waals surface area contributed by atoms with Crippen molar-refractivity contribution in [3.8, 4) is 11.3 Å². The van der Waals surface area contributed by atoms with Gasteiger partial charge >= 0.3 is 0 Å². The lowest BCUT2D eigenvalue weighted by Gasteiger charge is -2.05. The summed E-state index contributed by atoms with van der Waals surface area (Å²) in [5.41, 5.74) is 6.26. The van der Waals surface area contributed by atoms with E-state index in [1.807, 2.05) is 42.8 Å². The van der Waals surface area contributed by atoms with Gasteiger partial charge in [0.05, 0.1) is 5.56 Å². The van der Waals surface area contributed by atoms with Gasteiger partial charge in [-0.05, 0) is 43.6 Å². The van der Waals surface area contributed by atoms with Crippen molar-refractivity contribution in [2.24, 2.45) is 7.05 Å². The van der Waals surface area contributed by atoms with E-state index in [0.717, 1.165) is 60.7 Å². The zero-order valence-electron chi connectivity index (χ0n) is 19.1. The van der Waals surface area contributed by atoms with Gasteiger partial charge in [-0.15, -0.1) is 0 Å². The van der Waals surface area contributed by atoms with Crippen LogP contribution in [0.2, 0.25) is 0 Å². The molecule has 0 radical (unpaired) electrons. The molecule has 3 heteroatoms. The fourth-order valence-corrected chi connectivity index (χ4v) is 4.36. The standard InChI is InChI=1S/C26H20NO2/c1-15-8-13-21(27(3)14-15)23-16(2)9-10-19-20-12-11-18-17-6-4-5-7-22(17)28-25(18)26(20)29-24(19)23/h4-14H,1-3H3/q+1/i1D3. The fourth-order valence-electron chi connectivity index (χ4n) is 4.36. The number of hydrogen-bond donors (Lipinski definition) is 0. The van der Waals surface area contributed by atoms with Gasteiger partial charge in [0.15, 0.2) is 17.4 Å². The van der Waals surface area contributed by atoms with E-state index in [1.54, 1.807) is 12.3 Å². The number of furan rings is 2. The molecule has 6 rings (SSSR count). The van der Waals surface area contributed by atoms with Crippen LogP contribution in [0.1, 0.15) is 15.2 Å². The minimum atomic E-state index is -2.15. The first-order valence-corrected chi connectivity index (χ1v) is 9.59. The first-order valence-electron chi connectivity index (χ1n) is 11.1. The monoisotopic (exact) mass is 381 g/mol. The van der Waals surface area contributed by atoms with Gasteiger partial charge in [0.1, 0.15) is 18.2 Å². The molecule has 3 aromatic carbocycles. The first-order chi connectivity index (χ1) is 15.3. The zero-order valence-corrected chi connectivity index (χ0v) is 16.1. The van der Waals surface area contributed by atoms with Crippen molar-refractivity contribution in [1.82, 2.24) is 0 Å². The van der Waals surface area contributed by atoms with E-state index in [0.29, 0.717) is 5.56 Å². The van der Waals surface area contributed by atoms with E-state index in [-0.39, 0.29) is 0 Å². The van der Waals surface area contributed by atoms with Crippen LogP contribution in [0.3, 0.4) is 0 Å². The van der Waals surface area contributed by atoms with Crippen LogP contribution < -0.4 is 4.57 Å². The van der Waals surface area contributed by atoms with E-state index >= 15 is 0 Å². The lowest BCUT2D eigenvalue weighted by Crippen LogP contribution is -2.31. The number of benzene rings is 3. The maximum absolute atomic E-state index is 7.70. The van der Waals surface area contributed by atoms with Crippen molar-refractivity contribution in [3.63, 3.8) is 0 Å². The number of para-hydroxylation sites is 1. The fraction of sp³-hybridized carbons (Fsp3) is 0.115. The number of aryl methyl sites for hydroxylation is 3. The average Bonchev–Trinajstić information content (AvgIpc) is 3.31. The van der Waals surface area contributed by atoms with Crippen molar-refractivity contribution in [2.75, 3.05) is 0 Å². The van der Waals surface area contributed by atoms with Crippen LogP contribution in [0.4, 0.5) is 0 Å². The lowest BCUT2D eigenvalue weighted by atomic mass is 10.00. The molecule has 0 atom stereocenters. The Morgan fingerprint density at radius 2 is 1.48 bits per heavy atom. The molecule has 140 valence electrons. The van der Waals surface area contributed by atoms with Crippen LogP contribution in [-0.2, 0) is 7.05 Å². The summed E-state index contributed by atoms with van der Waals surface area (Å²) in [5.74, 6) is 0. The number of hydrogen-bond acceptors (Lipinski definition) is 2. The minimum Gasteiger partial charge on any atom is -0.452 e. The molecule has 3 aromatic heterocycles. The van der Waals surface area contributed by atoms with Gasteiger partial charge in [0.25, 0.3) is 0 Å². The van der Waals surface area contributed by atoms with Gasteiger partial charge in [-0.25, -0.2) is 4.57 Å². The molecule has 3 heterocycles. The van der Waals surface area contributed by atoms with E-state index < -0.39 is 6.85 Å². The normalized spacial score (nSPS) is 13.9. The Morgan fingerprint density at radius 1 is 0.759 bits per heavy atom. The Kier molecular flexibility index (Phi) is 2.67. The maximum Gasteiger partial charge on any atom is 0.216 e. The third-order valence-corrected chi connectivity index (χ3v) is 5.75. The summed E-state index contributed by atoms with van der Waals surface area (Å²) in [5, 5.41) is 4.09. The molecule has 0 aliphatic rings. The van der Waals surface area contributed by atoms with Gasteiger partial charge < -0.3 is 8.83 Å². The summed E-state index contributed by atoms with van der Waals surface area (Å²) in [6.45, 7) is -0.111. The Morgan fingerprint density at radius 3 is 2.31 bits per heavy atom. The molecule has 3 nitrogen and oxygen atoms in total. The largest absolute Gasteiger partial charge is 0.452 e. The summed E-state index contributed by atoms with van der Waals surface area (Å²) in [7, 11) is 1.86. The molecule has 0 aliphatic carbocycles. The van der Waals surface area contributed by atoms with Crippen molar-refractivity contribution >= 4 is 43.9 Å². The van der Waals surface area contributed by atoms with Crippen LogP contribution in [0.15, 0.2) is 75.7 Å². The summed E-state index contributed by atoms with van der Waals surface area (Å²) in [6, 6.07) is 19.8. The maximum atomic E-state index is 7.70. The smallest absolute Gasteiger partial charge is 0.216 e. The van der Waals surface area contributed by atoms with Crippen molar-refractivity contribution in [2.45, 2.75) is 13.8 Å². The molecule has 29 heavy (non-hydrogen) atoms. The topological polar surface area (TPSA) is 30.2 Å². The van der Waals surface area contributed by atoms with Crippen LogP contribution in [0, 0.1) is 13.8 Å². The van der Waals surface area contributed by atoms with Crippen molar-refractivity contribution in [3.05, 3.63) is 78.0 Å². The SMILES string of the molecule is [2H]C([2H])([2H])c1ccc(-c2c(C)ccc3c2oc2c3ccc3c4ccccc4oc32)[n+](C)c1. The second-order valence-electron chi connectivity index (χ2n) is 7.57. The lowest BCUT2D eigenvalue weighted by molar-refractivity contribution is -0.660. The van der Waals surface area contributed by atoms with Crippen LogP contribution >= 0.6 is 0 Å². The van der Waals surface area contributed by atoms with Gasteiger partial charge in [0.2, 0.25) is 5.69 Å². The molecule has 0 saturated heterocycles. The van der Waals surface area contributed by atoms with Gasteiger partial charge in [-0.1, -0.05) is 30.3 Å². The highest BCUT2D eigenvalue weighted by Crippen LogP contribution is 2.41. The molecule has 0 amide bonds. The first kappa shape index (κ1) is 13.6. The number of nitrogens with zero attached hydrogens (tertiary/aromatic N) is 1. The molecule has 0 aliphatic heterocycles. The molecule has 0 N–H and O–H groups in total. The highest BCUT2D eigenvalue weighted by Gasteiger charge is 2.22. The zero-order chi connectivity index (χ0) is 22.2. The molecule has 0 saturated carbocycles. The third-order valence-electron chi connectivity index (χ3n) is 5.75. The van der Waals surface area contributed by atoms with Crippen LogP contribution in [-0.4, -0.2) is 0 Å². The molecule has 6 aromatic rings. The number of aromatic nitrogens is 1. The number of rotatable bonds is 1. The number of pyridine rings is 1. The highest BCUT2D eigenvalue weighted by molar-refractivity contribution is 6.20. The summed E-state index contributed by atoms with van der Waals surface area (Å²) in [4.78, 5) is 0. The Hall–Kier alpha value is -3.59. The van der Waals surface area contributed by atoms with E-state index in [4.69, 9.17) is 12.9 Å². The Balaban J connectivity index is 1.68. The number of fused-ring (bicyclic) bond motifs is 7. The van der Waals surface area contributed by atoms with Crippen LogP contribution in [0.5, 0.6) is 0 Å². The van der Waals surface area contributed by atoms with Gasteiger partial charge in [-0.3, -0.25) is 0 Å². The second-order valence-corrected chi connectivity index (χ2v) is 7.57. The summed E-state index contributed by atoms with van der Waals surface area (Å²) in [6.07, 6.45) is 1.67. The van der Waals surface area contributed by atoms with E-state index in [1.165, 1.54) is 0 Å². The molecular weight excluding hydrogens is 358 g/mol. The van der Waals surface area contributed by atoms with E-state index in [2.05, 4.69) is 30.3 Å². The molecular formula is C26H20NO2+. The molecule has 0 fully saturated rings. The van der Waals surface area contributed by atoms with E-state index in [9.17, 15) is 0 Å². The van der Waals surface area contributed by atoms with Gasteiger partial charge in [0, 0.05) is 37.3 Å². The third kappa shape index (κ3) is 2.21. The highest BCUT2D eigenvalue weighted by atomic mass is 16.4. The van der Waals surface area contributed by atoms with Crippen LogP contribution in [0.25, 0.3) is 55.1 Å². The predicted octanol–water partition coefficient (Wildman–Crippen LogP) is 6.59. The summed E-state index contributed by atoms with van der Waals surface area (Å²) >= 11 is 0. The van der Waals surface area contributed by atoms with Crippen molar-refractivity contribution in [1.29, 1.82) is 0 Å². The molecule has 0 unspecified atom stereocenters. The van der Waals surface area contributed by atoms with Gasteiger partial charge in [-0.2, -0.15) is 0 Å². The average molecular weight is 381 g/mol. The quantitative estimate of drug-likeness (QED) is 0.301. The van der Waals surface area contributed by atoms with Crippen molar-refractivity contribution < 1.29 is 17.5 Å². The Labute approximate surface area is 172 Å². The predicted molar refractivity (Wildman–Crippen MR) is 117 cm³/mol. The molecule has 0 spiro atoms. The minimum absolute atomic E-state index is 0.308. The Bertz CT molecular complexity index is 1690. The second kappa shape index (κ2) is 5.71. The molecule has 0 bridgehead atoms.